The van der Waals surface area contributed by atoms with E-state index in [0.29, 0.717) is 48.1 Å². The van der Waals surface area contributed by atoms with Crippen molar-refractivity contribution in [1.82, 2.24) is 24.9 Å². The van der Waals surface area contributed by atoms with Crippen LogP contribution in [0.3, 0.4) is 0 Å². The van der Waals surface area contributed by atoms with Crippen molar-refractivity contribution in [3.63, 3.8) is 0 Å². The Hall–Kier alpha value is -3.00. The molecule has 8 nitrogen and oxygen atoms in total. The number of benzene rings is 1. The van der Waals surface area contributed by atoms with Crippen LogP contribution in [0.1, 0.15) is 48.5 Å². The van der Waals surface area contributed by atoms with Gasteiger partial charge in [0.15, 0.2) is 5.89 Å². The molecule has 1 amide bonds. The van der Waals surface area contributed by atoms with E-state index in [2.05, 4.69) is 15.2 Å². The molecule has 0 spiro atoms. The minimum Gasteiger partial charge on any atom is -0.446 e. The lowest BCUT2D eigenvalue weighted by Gasteiger charge is -2.21. The van der Waals surface area contributed by atoms with Crippen LogP contribution in [-0.2, 0) is 12.0 Å². The molecule has 0 saturated heterocycles. The van der Waals surface area contributed by atoms with Gasteiger partial charge in [0.1, 0.15) is 17.1 Å². The van der Waals surface area contributed by atoms with E-state index in [1.165, 1.54) is 4.80 Å². The fourth-order valence-corrected chi connectivity index (χ4v) is 3.10. The van der Waals surface area contributed by atoms with Crippen molar-refractivity contribution in [1.29, 1.82) is 0 Å². The Labute approximate surface area is 163 Å². The first kappa shape index (κ1) is 19.8. The number of aliphatic hydroxyl groups is 1. The summed E-state index contributed by atoms with van der Waals surface area (Å²) in [7, 11) is 0. The van der Waals surface area contributed by atoms with Crippen molar-refractivity contribution in [2.75, 3.05) is 13.1 Å². The number of hydrogen-bond donors (Lipinski definition) is 1. The van der Waals surface area contributed by atoms with Gasteiger partial charge in [0, 0.05) is 19.5 Å². The summed E-state index contributed by atoms with van der Waals surface area (Å²) >= 11 is 0. The molecule has 148 valence electrons. The monoisotopic (exact) mass is 383 g/mol. The Morgan fingerprint density at radius 2 is 1.93 bits per heavy atom. The number of aromatic nitrogens is 4. The zero-order chi connectivity index (χ0) is 20.3. The summed E-state index contributed by atoms with van der Waals surface area (Å²) in [5.74, 6) is 0.983. The van der Waals surface area contributed by atoms with Crippen molar-refractivity contribution in [3.8, 4) is 5.69 Å². The second kappa shape index (κ2) is 7.93. The van der Waals surface area contributed by atoms with Gasteiger partial charge in [0.25, 0.3) is 5.91 Å². The maximum Gasteiger partial charge on any atom is 0.256 e. The Morgan fingerprint density at radius 3 is 2.54 bits per heavy atom. The summed E-state index contributed by atoms with van der Waals surface area (Å²) in [5, 5.41) is 18.4. The first-order valence-corrected chi connectivity index (χ1v) is 9.25. The Kier molecular flexibility index (Phi) is 5.60. The van der Waals surface area contributed by atoms with Crippen molar-refractivity contribution in [3.05, 3.63) is 59.6 Å². The number of nitrogens with zero attached hydrogens (tertiary/aromatic N) is 5. The number of hydrogen-bond acceptors (Lipinski definition) is 6. The lowest BCUT2D eigenvalue weighted by molar-refractivity contribution is 0.0725. The molecule has 8 heteroatoms. The van der Waals surface area contributed by atoms with Gasteiger partial charge in [-0.25, -0.2) is 4.98 Å². The maximum atomic E-state index is 13.1. The number of oxazole rings is 1. The molecule has 0 aliphatic heterocycles. The molecule has 0 saturated carbocycles. The summed E-state index contributed by atoms with van der Waals surface area (Å²) in [6.07, 6.45) is 3.60. The molecule has 0 aliphatic rings. The van der Waals surface area contributed by atoms with Crippen LogP contribution in [0.25, 0.3) is 5.69 Å². The Balaban J connectivity index is 1.77. The molecule has 1 aromatic carbocycles. The number of rotatable bonds is 7. The molecule has 0 aliphatic carbocycles. The van der Waals surface area contributed by atoms with E-state index in [1.54, 1.807) is 44.1 Å². The van der Waals surface area contributed by atoms with Crippen LogP contribution in [0.2, 0.25) is 0 Å². The second-order valence-electron chi connectivity index (χ2n) is 7.04. The van der Waals surface area contributed by atoms with Gasteiger partial charge < -0.3 is 14.4 Å². The van der Waals surface area contributed by atoms with Crippen molar-refractivity contribution in [2.24, 2.45) is 0 Å². The maximum absolute atomic E-state index is 13.1. The molecule has 3 rings (SSSR count). The summed E-state index contributed by atoms with van der Waals surface area (Å²) < 4.78 is 5.67. The average Bonchev–Trinajstić information content (AvgIpc) is 3.31. The van der Waals surface area contributed by atoms with E-state index in [9.17, 15) is 9.90 Å². The van der Waals surface area contributed by atoms with Gasteiger partial charge in [-0.2, -0.15) is 15.0 Å². The number of carbonyl (C=O) groups is 1. The minimum atomic E-state index is -1.07. The standard InChI is InChI=1S/C20H25N5O3/c1-5-24(13-10-17-23-18(14(2)28-17)20(3,4)27)19(26)15-8-6-7-9-16(15)25-21-11-12-22-25/h6-9,11-12,27H,5,10,13H2,1-4H3. The van der Waals surface area contributed by atoms with Crippen LogP contribution in [0.15, 0.2) is 41.1 Å². The molecule has 2 aromatic heterocycles. The van der Waals surface area contributed by atoms with E-state index in [4.69, 9.17) is 4.42 Å². The SMILES string of the molecule is CCN(CCc1nc(C(C)(C)O)c(C)o1)C(=O)c1ccccc1-n1nccn1. The van der Waals surface area contributed by atoms with Crippen LogP contribution < -0.4 is 0 Å². The van der Waals surface area contributed by atoms with Gasteiger partial charge in [-0.15, -0.1) is 0 Å². The Bertz CT molecular complexity index is 941. The molecule has 0 fully saturated rings. The zero-order valence-electron chi connectivity index (χ0n) is 16.6. The van der Waals surface area contributed by atoms with E-state index < -0.39 is 5.60 Å². The highest BCUT2D eigenvalue weighted by molar-refractivity contribution is 5.97. The van der Waals surface area contributed by atoms with Crippen LogP contribution in [0.5, 0.6) is 0 Å². The molecule has 0 bridgehead atoms. The number of para-hydroxylation sites is 1. The number of carbonyl (C=O) groups excluding carboxylic acids is 1. The largest absolute Gasteiger partial charge is 0.446 e. The van der Waals surface area contributed by atoms with Gasteiger partial charge in [-0.05, 0) is 39.8 Å². The molecule has 0 atom stereocenters. The number of amides is 1. The van der Waals surface area contributed by atoms with Crippen molar-refractivity contribution >= 4 is 5.91 Å². The van der Waals surface area contributed by atoms with Crippen LogP contribution >= 0.6 is 0 Å². The first-order valence-electron chi connectivity index (χ1n) is 9.25. The third-order valence-electron chi connectivity index (χ3n) is 4.45. The fourth-order valence-electron chi connectivity index (χ4n) is 3.10. The first-order chi connectivity index (χ1) is 13.3. The normalized spacial score (nSPS) is 11.6. The van der Waals surface area contributed by atoms with E-state index in [-0.39, 0.29) is 5.91 Å². The third-order valence-corrected chi connectivity index (χ3v) is 4.45. The molecule has 1 N–H and O–H groups in total. The highest BCUT2D eigenvalue weighted by Gasteiger charge is 2.25. The molecule has 3 aromatic rings. The molecular weight excluding hydrogens is 358 g/mol. The van der Waals surface area contributed by atoms with Gasteiger partial charge in [0.05, 0.1) is 23.6 Å². The van der Waals surface area contributed by atoms with E-state index in [0.717, 1.165) is 0 Å². The third kappa shape index (κ3) is 4.12. The molecular formula is C20H25N5O3. The van der Waals surface area contributed by atoms with Gasteiger partial charge >= 0.3 is 0 Å². The smallest absolute Gasteiger partial charge is 0.256 e. The molecule has 28 heavy (non-hydrogen) atoms. The average molecular weight is 383 g/mol. The van der Waals surface area contributed by atoms with Gasteiger partial charge in [0.2, 0.25) is 0 Å². The summed E-state index contributed by atoms with van der Waals surface area (Å²) in [5.41, 5.74) is 0.613. The molecule has 0 unspecified atom stereocenters. The molecule has 2 heterocycles. The van der Waals surface area contributed by atoms with Crippen molar-refractivity contribution < 1.29 is 14.3 Å². The highest BCUT2D eigenvalue weighted by Crippen LogP contribution is 2.23. The quantitative estimate of drug-likeness (QED) is 0.673. The van der Waals surface area contributed by atoms with Crippen LogP contribution in [0, 0.1) is 6.92 Å². The zero-order valence-corrected chi connectivity index (χ0v) is 16.6. The van der Waals surface area contributed by atoms with Gasteiger partial charge in [-0.1, -0.05) is 12.1 Å². The fraction of sp³-hybridized carbons (Fsp3) is 0.400. The second-order valence-corrected chi connectivity index (χ2v) is 7.04. The number of aryl methyl sites for hydroxylation is 1. The summed E-state index contributed by atoms with van der Waals surface area (Å²) in [6.45, 7) is 8.03. The van der Waals surface area contributed by atoms with Crippen LogP contribution in [-0.4, -0.2) is 49.0 Å². The summed E-state index contributed by atoms with van der Waals surface area (Å²) in [4.78, 5) is 20.7. The van der Waals surface area contributed by atoms with E-state index >= 15 is 0 Å². The lowest BCUT2D eigenvalue weighted by atomic mass is 10.0. The minimum absolute atomic E-state index is 0.110. The highest BCUT2D eigenvalue weighted by atomic mass is 16.4. The van der Waals surface area contributed by atoms with Crippen molar-refractivity contribution in [2.45, 2.75) is 39.7 Å². The predicted octanol–water partition coefficient (Wildman–Crippen LogP) is 2.50. The van der Waals surface area contributed by atoms with Gasteiger partial charge in [-0.3, -0.25) is 4.79 Å². The Morgan fingerprint density at radius 1 is 1.25 bits per heavy atom. The topological polar surface area (TPSA) is 97.3 Å². The molecule has 0 radical (unpaired) electrons. The predicted molar refractivity (Wildman–Crippen MR) is 103 cm³/mol. The lowest BCUT2D eigenvalue weighted by Crippen LogP contribution is -2.33. The number of likely N-dealkylation sites (N-methyl/N-ethyl adjacent to an activating group) is 1. The van der Waals surface area contributed by atoms with E-state index in [1.807, 2.05) is 25.1 Å². The van der Waals surface area contributed by atoms with Crippen LogP contribution in [0.4, 0.5) is 0 Å². The summed E-state index contributed by atoms with van der Waals surface area (Å²) in [6, 6.07) is 7.25.